The number of benzene rings is 2. The third-order valence-corrected chi connectivity index (χ3v) is 6.07. The molecule has 0 bridgehead atoms. The third kappa shape index (κ3) is 6.66. The number of ether oxygens (including phenoxy) is 3. The van der Waals surface area contributed by atoms with E-state index in [2.05, 4.69) is 20.8 Å². The van der Waals surface area contributed by atoms with E-state index in [1.54, 1.807) is 6.07 Å². The Morgan fingerprint density at radius 3 is 2.12 bits per heavy atom. The molecule has 0 saturated heterocycles. The largest absolute Gasteiger partial charge is 0.507 e. The molecule has 0 radical (unpaired) electrons. The molecule has 0 aromatic heterocycles. The molecule has 3 rings (SSSR count). The number of fused-ring (bicyclic) bond motifs is 1. The summed E-state index contributed by atoms with van der Waals surface area (Å²) in [5.74, 6) is 2.14. The first-order valence-electron chi connectivity index (χ1n) is 12.5. The number of unbranched alkanes of at least 4 members (excludes halogenated alkanes) is 3. The lowest BCUT2D eigenvalue weighted by molar-refractivity contribution is 0.0961. The molecule has 33 heavy (non-hydrogen) atoms. The molecule has 0 unspecified atom stereocenters. The lowest BCUT2D eigenvalue weighted by atomic mass is 9.79. The minimum Gasteiger partial charge on any atom is -0.507 e. The van der Waals surface area contributed by atoms with Gasteiger partial charge in [-0.15, -0.1) is 0 Å². The van der Waals surface area contributed by atoms with Crippen molar-refractivity contribution in [3.8, 4) is 23.0 Å². The average molecular weight is 455 g/mol. The van der Waals surface area contributed by atoms with Crippen LogP contribution >= 0.6 is 0 Å². The molecule has 0 fully saturated rings. The van der Waals surface area contributed by atoms with Gasteiger partial charge in [-0.2, -0.15) is 0 Å². The zero-order chi connectivity index (χ0) is 23.6. The summed E-state index contributed by atoms with van der Waals surface area (Å²) in [6, 6.07) is 9.51. The fraction of sp³-hybridized carbons (Fsp3) is 0.536. The fourth-order valence-corrected chi connectivity index (χ4v) is 4.12. The predicted molar refractivity (Wildman–Crippen MR) is 131 cm³/mol. The molecule has 5 nitrogen and oxygen atoms in total. The Hall–Kier alpha value is -2.69. The maximum absolute atomic E-state index is 12.9. The molecule has 1 atom stereocenters. The van der Waals surface area contributed by atoms with Crippen LogP contribution in [0.1, 0.15) is 93.1 Å². The highest BCUT2D eigenvalue weighted by Gasteiger charge is 2.30. The van der Waals surface area contributed by atoms with Crippen molar-refractivity contribution in [1.82, 2.24) is 0 Å². The smallest absolute Gasteiger partial charge is 0.167 e. The van der Waals surface area contributed by atoms with Gasteiger partial charge in [-0.25, -0.2) is 0 Å². The van der Waals surface area contributed by atoms with Crippen LogP contribution in [0.15, 0.2) is 30.3 Å². The summed E-state index contributed by atoms with van der Waals surface area (Å²) in [6.07, 6.45) is 7.14. The lowest BCUT2D eigenvalue weighted by Crippen LogP contribution is -2.19. The number of hydrogen-bond acceptors (Lipinski definition) is 5. The summed E-state index contributed by atoms with van der Waals surface area (Å²) >= 11 is 0. The summed E-state index contributed by atoms with van der Waals surface area (Å²) in [7, 11) is 0. The minimum absolute atomic E-state index is 0.0192. The normalized spacial score (nSPS) is 15.2. The van der Waals surface area contributed by atoms with Crippen LogP contribution in [0.2, 0.25) is 0 Å². The number of phenolic OH excluding ortho intramolecular Hbond substituents is 1. The summed E-state index contributed by atoms with van der Waals surface area (Å²) < 4.78 is 17.8. The van der Waals surface area contributed by atoms with Gasteiger partial charge >= 0.3 is 0 Å². The Bertz CT molecular complexity index is 921. The number of hydrogen-bond donors (Lipinski definition) is 1. The fourth-order valence-electron chi connectivity index (χ4n) is 4.12. The van der Waals surface area contributed by atoms with Crippen LogP contribution in [-0.2, 0) is 6.42 Å². The maximum atomic E-state index is 12.9. The molecular formula is C28H38O5. The van der Waals surface area contributed by atoms with Gasteiger partial charge in [0.1, 0.15) is 11.5 Å². The monoisotopic (exact) mass is 454 g/mol. The summed E-state index contributed by atoms with van der Waals surface area (Å²) in [5, 5.41) is 10.5. The maximum Gasteiger partial charge on any atom is 0.167 e. The molecule has 0 amide bonds. The number of Topliss-reactive ketones (excluding diaryl/α,β-unsaturated/α-hetero) is 1. The molecule has 0 aliphatic heterocycles. The topological polar surface area (TPSA) is 65.0 Å². The van der Waals surface area contributed by atoms with Gasteiger partial charge in [0.25, 0.3) is 0 Å². The van der Waals surface area contributed by atoms with E-state index in [0.29, 0.717) is 44.0 Å². The molecule has 1 aliphatic rings. The van der Waals surface area contributed by atoms with Crippen molar-refractivity contribution in [1.29, 1.82) is 0 Å². The van der Waals surface area contributed by atoms with Crippen molar-refractivity contribution >= 4 is 5.78 Å². The van der Waals surface area contributed by atoms with Gasteiger partial charge in [-0.05, 0) is 60.9 Å². The van der Waals surface area contributed by atoms with E-state index in [1.807, 2.05) is 24.3 Å². The van der Waals surface area contributed by atoms with Crippen molar-refractivity contribution in [3.63, 3.8) is 0 Å². The SMILES string of the molecule is CCCCOc1cc(O)c2c(c1)C[C@@H](c1ccc(OCCCC)c(OCCCC)c1)CC2=O. The first kappa shape index (κ1) is 24.9. The first-order valence-corrected chi connectivity index (χ1v) is 12.5. The first-order chi connectivity index (χ1) is 16.1. The highest BCUT2D eigenvalue weighted by molar-refractivity contribution is 6.01. The van der Waals surface area contributed by atoms with Crippen LogP contribution in [0.3, 0.4) is 0 Å². The Labute approximate surface area is 198 Å². The van der Waals surface area contributed by atoms with Crippen LogP contribution in [-0.4, -0.2) is 30.7 Å². The molecule has 0 saturated carbocycles. The second-order valence-corrected chi connectivity index (χ2v) is 8.82. The lowest BCUT2D eigenvalue weighted by Gasteiger charge is -2.26. The van der Waals surface area contributed by atoms with Gasteiger partial charge in [-0.3, -0.25) is 4.79 Å². The summed E-state index contributed by atoms with van der Waals surface area (Å²) in [5.41, 5.74) is 2.34. The Kier molecular flexibility index (Phi) is 9.47. The van der Waals surface area contributed by atoms with Crippen LogP contribution in [0.4, 0.5) is 0 Å². The van der Waals surface area contributed by atoms with Crippen LogP contribution < -0.4 is 14.2 Å². The minimum atomic E-state index is -0.0319. The number of rotatable bonds is 13. The second kappa shape index (κ2) is 12.5. The van der Waals surface area contributed by atoms with Crippen LogP contribution in [0.25, 0.3) is 0 Å². The van der Waals surface area contributed by atoms with E-state index >= 15 is 0 Å². The number of phenols is 1. The van der Waals surface area contributed by atoms with E-state index in [9.17, 15) is 9.90 Å². The van der Waals surface area contributed by atoms with Gasteiger partial charge in [0, 0.05) is 12.5 Å². The molecule has 2 aromatic carbocycles. The van der Waals surface area contributed by atoms with Crippen molar-refractivity contribution in [3.05, 3.63) is 47.0 Å². The number of ketones is 1. The van der Waals surface area contributed by atoms with Crippen LogP contribution in [0.5, 0.6) is 23.0 Å². The van der Waals surface area contributed by atoms with Crippen molar-refractivity contribution < 1.29 is 24.1 Å². The van der Waals surface area contributed by atoms with E-state index < -0.39 is 0 Å². The van der Waals surface area contributed by atoms with Crippen molar-refractivity contribution in [2.45, 2.75) is 78.1 Å². The number of aromatic hydroxyl groups is 1. The predicted octanol–water partition coefficient (Wildman–Crippen LogP) is 6.84. The third-order valence-electron chi connectivity index (χ3n) is 6.07. The van der Waals surface area contributed by atoms with E-state index in [0.717, 1.165) is 61.2 Å². The number of carbonyl (C=O) groups excluding carboxylic acids is 1. The van der Waals surface area contributed by atoms with E-state index in [-0.39, 0.29) is 17.5 Å². The highest BCUT2D eigenvalue weighted by atomic mass is 16.5. The van der Waals surface area contributed by atoms with Gasteiger partial charge in [0.2, 0.25) is 0 Å². The molecule has 0 heterocycles. The summed E-state index contributed by atoms with van der Waals surface area (Å²) in [6.45, 7) is 8.29. The standard InChI is InChI=1S/C28H38O5/c1-4-7-12-31-23-16-22-15-21(17-24(29)28(22)25(30)19-23)20-10-11-26(32-13-8-5-2)27(18-20)33-14-9-6-3/h10-11,16,18-19,21,30H,4-9,12-15,17H2,1-3H3/t21-/m1/s1. The van der Waals surface area contributed by atoms with Gasteiger partial charge < -0.3 is 19.3 Å². The zero-order valence-electron chi connectivity index (χ0n) is 20.3. The molecular weight excluding hydrogens is 416 g/mol. The highest BCUT2D eigenvalue weighted by Crippen LogP contribution is 2.41. The molecule has 0 spiro atoms. The quantitative estimate of drug-likeness (QED) is 0.336. The molecule has 1 N–H and O–H groups in total. The summed E-state index contributed by atoms with van der Waals surface area (Å²) in [4.78, 5) is 12.9. The van der Waals surface area contributed by atoms with Crippen LogP contribution in [0, 0.1) is 0 Å². The Balaban J connectivity index is 1.83. The van der Waals surface area contributed by atoms with E-state index in [1.165, 1.54) is 0 Å². The Morgan fingerprint density at radius 2 is 1.45 bits per heavy atom. The van der Waals surface area contributed by atoms with Crippen molar-refractivity contribution in [2.75, 3.05) is 19.8 Å². The number of carbonyl (C=O) groups is 1. The van der Waals surface area contributed by atoms with E-state index in [4.69, 9.17) is 14.2 Å². The van der Waals surface area contributed by atoms with Gasteiger partial charge in [-0.1, -0.05) is 46.1 Å². The molecule has 180 valence electrons. The zero-order valence-corrected chi connectivity index (χ0v) is 20.3. The second-order valence-electron chi connectivity index (χ2n) is 8.82. The van der Waals surface area contributed by atoms with Crippen molar-refractivity contribution in [2.24, 2.45) is 0 Å². The Morgan fingerprint density at radius 1 is 0.818 bits per heavy atom. The molecule has 2 aromatic rings. The molecule has 1 aliphatic carbocycles. The average Bonchev–Trinajstić information content (AvgIpc) is 2.80. The van der Waals surface area contributed by atoms with Gasteiger partial charge in [0.15, 0.2) is 17.3 Å². The molecule has 5 heteroatoms. The van der Waals surface area contributed by atoms with Gasteiger partial charge in [0.05, 0.1) is 25.4 Å².